The Kier molecular flexibility index (Phi) is 4.36. The molecule has 3 aromatic rings. The maximum Gasteiger partial charge on any atom is 0.345 e. The molecule has 130 valence electrons. The molecule has 0 atom stereocenters. The van der Waals surface area contributed by atoms with Gasteiger partial charge in [-0.2, -0.15) is 0 Å². The van der Waals surface area contributed by atoms with E-state index in [2.05, 4.69) is 4.98 Å². The number of ether oxygens (including phenoxy) is 2. The fourth-order valence-corrected chi connectivity index (χ4v) is 3.38. The summed E-state index contributed by atoms with van der Waals surface area (Å²) in [5.74, 6) is -0.667. The Morgan fingerprint density at radius 2 is 2.12 bits per heavy atom. The van der Waals surface area contributed by atoms with Crippen molar-refractivity contribution in [2.45, 2.75) is 13.8 Å². The Morgan fingerprint density at radius 1 is 1.36 bits per heavy atom. The molecular formula is C15H13N3O6S. The third-order valence-electron chi connectivity index (χ3n) is 3.40. The molecule has 2 heterocycles. The summed E-state index contributed by atoms with van der Waals surface area (Å²) in [6.07, 6.45) is 1.16. The molecule has 0 fully saturated rings. The number of hydrogen-bond donors (Lipinski definition) is 0. The highest BCUT2D eigenvalue weighted by molar-refractivity contribution is 7.23. The number of carbonyl (C=O) groups excluding carboxylic acids is 1. The summed E-state index contributed by atoms with van der Waals surface area (Å²) in [5.41, 5.74) is -0.829. The molecule has 0 aliphatic rings. The fourth-order valence-electron chi connectivity index (χ4n) is 2.38. The van der Waals surface area contributed by atoms with Crippen molar-refractivity contribution >= 4 is 38.2 Å². The summed E-state index contributed by atoms with van der Waals surface area (Å²) < 4.78 is 11.9. The van der Waals surface area contributed by atoms with Gasteiger partial charge in [0.2, 0.25) is 0 Å². The molecule has 0 radical (unpaired) electrons. The molecule has 3 rings (SSSR count). The Balaban J connectivity index is 2.33. The minimum Gasteiger partial charge on any atom is -0.487 e. The number of aromatic nitrogens is 2. The van der Waals surface area contributed by atoms with Gasteiger partial charge in [-0.1, -0.05) is 11.3 Å². The molecule has 0 saturated carbocycles. The summed E-state index contributed by atoms with van der Waals surface area (Å²) in [7, 11) is 0. The van der Waals surface area contributed by atoms with Gasteiger partial charge in [-0.15, -0.1) is 0 Å². The highest BCUT2D eigenvalue weighted by atomic mass is 32.1. The number of nitrogens with zero attached hydrogens (tertiary/aromatic N) is 3. The standard InChI is InChI=1S/C15H13N3O6S/c1-3-23-11-6-12-10(5-9(11)18(21)22)17-13(19)8(14(20)24-4-2)7-16-15(17)25-12/h5-7H,3-4H2,1-2H3. The van der Waals surface area contributed by atoms with Crippen molar-refractivity contribution in [1.82, 2.24) is 9.38 Å². The quantitative estimate of drug-likeness (QED) is 0.388. The first kappa shape index (κ1) is 16.8. The van der Waals surface area contributed by atoms with Gasteiger partial charge in [0.1, 0.15) is 5.56 Å². The second kappa shape index (κ2) is 6.48. The molecule has 0 spiro atoms. The van der Waals surface area contributed by atoms with Crippen LogP contribution in [0, 0.1) is 10.1 Å². The maximum absolute atomic E-state index is 12.6. The smallest absolute Gasteiger partial charge is 0.345 e. The van der Waals surface area contributed by atoms with E-state index in [1.165, 1.54) is 27.9 Å². The van der Waals surface area contributed by atoms with Crippen molar-refractivity contribution in [3.8, 4) is 5.75 Å². The summed E-state index contributed by atoms with van der Waals surface area (Å²) in [4.78, 5) is 39.7. The predicted molar refractivity (Wildman–Crippen MR) is 90.6 cm³/mol. The molecule has 10 heteroatoms. The van der Waals surface area contributed by atoms with Crippen molar-refractivity contribution in [3.05, 3.63) is 44.4 Å². The second-order valence-electron chi connectivity index (χ2n) is 4.90. The van der Waals surface area contributed by atoms with Crippen LogP contribution < -0.4 is 10.3 Å². The Labute approximate surface area is 144 Å². The number of carbonyl (C=O) groups is 1. The molecule has 0 saturated heterocycles. The predicted octanol–water partition coefficient (Wildman–Crippen LogP) is 2.39. The molecule has 0 N–H and O–H groups in total. The first-order chi connectivity index (χ1) is 12.0. The summed E-state index contributed by atoms with van der Waals surface area (Å²) in [6.45, 7) is 3.73. The lowest BCUT2D eigenvalue weighted by atomic mass is 10.2. The first-order valence-electron chi connectivity index (χ1n) is 7.40. The van der Waals surface area contributed by atoms with Crippen LogP contribution in [0.1, 0.15) is 24.2 Å². The zero-order valence-electron chi connectivity index (χ0n) is 13.3. The normalized spacial score (nSPS) is 11.0. The van der Waals surface area contributed by atoms with Crippen LogP contribution in [-0.4, -0.2) is 33.5 Å². The van der Waals surface area contributed by atoms with Crippen molar-refractivity contribution in [2.75, 3.05) is 13.2 Å². The lowest BCUT2D eigenvalue weighted by Gasteiger charge is -2.04. The van der Waals surface area contributed by atoms with Gasteiger partial charge < -0.3 is 9.47 Å². The Bertz CT molecular complexity index is 1050. The average molecular weight is 363 g/mol. The monoisotopic (exact) mass is 363 g/mol. The van der Waals surface area contributed by atoms with E-state index in [0.29, 0.717) is 15.2 Å². The van der Waals surface area contributed by atoms with E-state index in [9.17, 15) is 19.7 Å². The van der Waals surface area contributed by atoms with Crippen LogP contribution in [-0.2, 0) is 4.74 Å². The lowest BCUT2D eigenvalue weighted by Crippen LogP contribution is -2.23. The number of thiazole rings is 1. The first-order valence-corrected chi connectivity index (χ1v) is 8.22. The van der Waals surface area contributed by atoms with E-state index in [1.807, 2.05) is 0 Å². The third-order valence-corrected chi connectivity index (χ3v) is 4.42. The number of nitro benzene ring substituents is 1. The summed E-state index contributed by atoms with van der Waals surface area (Å²) in [6, 6.07) is 2.75. The lowest BCUT2D eigenvalue weighted by molar-refractivity contribution is -0.385. The third kappa shape index (κ3) is 2.80. The van der Waals surface area contributed by atoms with E-state index >= 15 is 0 Å². The number of benzene rings is 1. The molecule has 2 aromatic heterocycles. The van der Waals surface area contributed by atoms with E-state index < -0.39 is 16.5 Å². The van der Waals surface area contributed by atoms with Gasteiger partial charge in [-0.3, -0.25) is 14.9 Å². The van der Waals surface area contributed by atoms with E-state index in [0.717, 1.165) is 6.20 Å². The minimum atomic E-state index is -0.783. The van der Waals surface area contributed by atoms with E-state index in [4.69, 9.17) is 9.47 Å². The van der Waals surface area contributed by atoms with Gasteiger partial charge >= 0.3 is 11.7 Å². The van der Waals surface area contributed by atoms with Crippen LogP contribution in [0.5, 0.6) is 5.75 Å². The second-order valence-corrected chi connectivity index (χ2v) is 5.90. The molecule has 0 unspecified atom stereocenters. The van der Waals surface area contributed by atoms with Gasteiger partial charge in [0.15, 0.2) is 10.7 Å². The van der Waals surface area contributed by atoms with Crippen molar-refractivity contribution in [3.63, 3.8) is 0 Å². The van der Waals surface area contributed by atoms with Crippen LogP contribution in [0.3, 0.4) is 0 Å². The van der Waals surface area contributed by atoms with Crippen molar-refractivity contribution in [1.29, 1.82) is 0 Å². The zero-order valence-corrected chi connectivity index (χ0v) is 14.2. The van der Waals surface area contributed by atoms with Crippen molar-refractivity contribution in [2.24, 2.45) is 0 Å². The molecule has 9 nitrogen and oxygen atoms in total. The van der Waals surface area contributed by atoms with Gasteiger partial charge in [-0.25, -0.2) is 14.2 Å². The SMILES string of the molecule is CCOC(=O)c1cnc2sc3cc(OCC)c([N+](=O)[O-])cc3n2c1=O. The average Bonchev–Trinajstić information content (AvgIpc) is 2.92. The summed E-state index contributed by atoms with van der Waals surface area (Å²) in [5, 5.41) is 11.3. The minimum absolute atomic E-state index is 0.116. The van der Waals surface area contributed by atoms with Crippen LogP contribution in [0.15, 0.2) is 23.1 Å². The van der Waals surface area contributed by atoms with E-state index in [1.54, 1.807) is 13.8 Å². The Hall–Kier alpha value is -3.01. The molecule has 0 amide bonds. The van der Waals surface area contributed by atoms with Crippen LogP contribution in [0.25, 0.3) is 15.2 Å². The maximum atomic E-state index is 12.6. The number of fused-ring (bicyclic) bond motifs is 3. The fraction of sp³-hybridized carbons (Fsp3) is 0.267. The largest absolute Gasteiger partial charge is 0.487 e. The highest BCUT2D eigenvalue weighted by Crippen LogP contribution is 2.35. The molecule has 0 aliphatic carbocycles. The molecule has 0 bridgehead atoms. The zero-order chi connectivity index (χ0) is 18.1. The molecule has 1 aromatic carbocycles. The van der Waals surface area contributed by atoms with Crippen molar-refractivity contribution < 1.29 is 19.2 Å². The molecular weight excluding hydrogens is 350 g/mol. The van der Waals surface area contributed by atoms with Crippen LogP contribution in [0.4, 0.5) is 5.69 Å². The number of nitro groups is 1. The van der Waals surface area contributed by atoms with E-state index in [-0.39, 0.29) is 30.2 Å². The highest BCUT2D eigenvalue weighted by Gasteiger charge is 2.22. The van der Waals surface area contributed by atoms with Crippen LogP contribution >= 0.6 is 11.3 Å². The Morgan fingerprint density at radius 3 is 2.76 bits per heavy atom. The molecule has 0 aliphatic heterocycles. The van der Waals surface area contributed by atoms with Gasteiger partial charge in [0, 0.05) is 12.1 Å². The number of hydrogen-bond acceptors (Lipinski definition) is 8. The summed E-state index contributed by atoms with van der Waals surface area (Å²) >= 11 is 1.17. The van der Waals surface area contributed by atoms with Gasteiger partial charge in [0.05, 0.1) is 34.6 Å². The van der Waals surface area contributed by atoms with Gasteiger partial charge in [-0.05, 0) is 13.8 Å². The number of esters is 1. The van der Waals surface area contributed by atoms with Gasteiger partial charge in [0.25, 0.3) is 5.56 Å². The number of rotatable bonds is 5. The van der Waals surface area contributed by atoms with Crippen LogP contribution in [0.2, 0.25) is 0 Å². The topological polar surface area (TPSA) is 113 Å². The molecule has 25 heavy (non-hydrogen) atoms.